The molecule has 0 saturated heterocycles. The lowest BCUT2D eigenvalue weighted by Crippen LogP contribution is -2.91. The van der Waals surface area contributed by atoms with E-state index in [0.29, 0.717) is 23.8 Å². The molecule has 0 aliphatic heterocycles. The highest BCUT2D eigenvalue weighted by atomic mass is 32.1. The van der Waals surface area contributed by atoms with Crippen molar-refractivity contribution in [1.82, 2.24) is 0 Å². The number of carbonyl (C=O) groups excluding carboxylic acids is 2. The van der Waals surface area contributed by atoms with E-state index in [2.05, 4.69) is 5.32 Å². The Balaban J connectivity index is 2.11. The van der Waals surface area contributed by atoms with Crippen molar-refractivity contribution >= 4 is 28.2 Å². The fraction of sp³-hybridized carbons (Fsp3) is 0.429. The number of benzene rings is 1. The van der Waals surface area contributed by atoms with E-state index in [1.165, 1.54) is 11.3 Å². The third-order valence-corrected chi connectivity index (χ3v) is 5.12. The number of carbonyl (C=O) groups is 2. The van der Waals surface area contributed by atoms with Gasteiger partial charge in [0.25, 0.3) is 5.91 Å². The molecule has 3 N–H and O–H groups in total. The van der Waals surface area contributed by atoms with Gasteiger partial charge in [-0.25, -0.2) is 4.79 Å². The first-order valence-corrected chi connectivity index (χ1v) is 10.5. The van der Waals surface area contributed by atoms with E-state index in [0.717, 1.165) is 24.1 Å². The van der Waals surface area contributed by atoms with Crippen LogP contribution < -0.4 is 10.6 Å². The van der Waals surface area contributed by atoms with E-state index in [4.69, 9.17) is 9.47 Å². The molecule has 1 aromatic heterocycles. The minimum absolute atomic E-state index is 0.136. The number of ether oxygens (including phenoxy) is 2. The molecule has 1 heterocycles. The predicted molar refractivity (Wildman–Crippen MR) is 112 cm³/mol. The predicted octanol–water partition coefficient (Wildman–Crippen LogP) is 2.91. The summed E-state index contributed by atoms with van der Waals surface area (Å²) in [6.07, 6.45) is 0.886. The minimum Gasteiger partial charge on any atom is -0.462 e. The molecule has 0 unspecified atom stereocenters. The molecule has 0 radical (unpaired) electrons. The summed E-state index contributed by atoms with van der Waals surface area (Å²) in [5, 5.41) is 7.29. The summed E-state index contributed by atoms with van der Waals surface area (Å²) in [5.74, 6) is -0.560. The summed E-state index contributed by atoms with van der Waals surface area (Å²) in [6.45, 7) is 8.06. The van der Waals surface area contributed by atoms with Crippen LogP contribution in [0, 0.1) is 0 Å². The van der Waals surface area contributed by atoms with Crippen LogP contribution in [0.4, 0.5) is 5.00 Å². The van der Waals surface area contributed by atoms with E-state index in [9.17, 15) is 9.59 Å². The molecule has 0 fully saturated rings. The summed E-state index contributed by atoms with van der Waals surface area (Å²) in [5.41, 5.74) is 2.10. The monoisotopic (exact) mass is 405 g/mol. The molecule has 2 rings (SSSR count). The van der Waals surface area contributed by atoms with Gasteiger partial charge in [-0.1, -0.05) is 30.3 Å². The van der Waals surface area contributed by atoms with Gasteiger partial charge < -0.3 is 20.1 Å². The Hall–Kier alpha value is -2.22. The Morgan fingerprint density at radius 3 is 2.61 bits per heavy atom. The lowest BCUT2D eigenvalue weighted by atomic mass is 10.0. The second-order valence-electron chi connectivity index (χ2n) is 6.29. The molecule has 152 valence electrons. The lowest BCUT2D eigenvalue weighted by molar-refractivity contribution is -0.673. The van der Waals surface area contributed by atoms with Crippen molar-refractivity contribution < 1.29 is 24.4 Å². The molecule has 0 aliphatic carbocycles. The number of esters is 1. The zero-order chi connectivity index (χ0) is 20.4. The standard InChI is InChI=1S/C21H28N2O4S/c1-4-26-13-9-12-22-15(3)19(24)23-20-18(21(25)27-5-2)17(14-28-20)16-10-7-6-8-11-16/h6-8,10-11,14-15,22H,4-5,9,12-13H2,1-3H3,(H,23,24)/p+1/t15-/m0/s1. The van der Waals surface area contributed by atoms with Gasteiger partial charge in [-0.3, -0.25) is 4.79 Å². The maximum absolute atomic E-state index is 12.6. The van der Waals surface area contributed by atoms with Gasteiger partial charge in [0.1, 0.15) is 10.6 Å². The number of anilines is 1. The van der Waals surface area contributed by atoms with Crippen molar-refractivity contribution in [3.05, 3.63) is 41.3 Å². The second kappa shape index (κ2) is 11.6. The van der Waals surface area contributed by atoms with Crippen LogP contribution in [0.3, 0.4) is 0 Å². The Labute approximate surface area is 170 Å². The van der Waals surface area contributed by atoms with Gasteiger partial charge in [0.15, 0.2) is 6.04 Å². The highest BCUT2D eigenvalue weighted by Gasteiger charge is 2.25. The Kier molecular flexibility index (Phi) is 9.13. The van der Waals surface area contributed by atoms with Gasteiger partial charge in [-0.15, -0.1) is 11.3 Å². The van der Waals surface area contributed by atoms with Crippen LogP contribution in [-0.4, -0.2) is 44.3 Å². The number of hydrogen-bond acceptors (Lipinski definition) is 5. The molecule has 1 aromatic carbocycles. The van der Waals surface area contributed by atoms with Crippen LogP contribution in [-0.2, 0) is 14.3 Å². The molecule has 1 amide bonds. The minimum atomic E-state index is -0.425. The summed E-state index contributed by atoms with van der Waals surface area (Å²) < 4.78 is 10.5. The fourth-order valence-corrected chi connectivity index (χ4v) is 3.68. The van der Waals surface area contributed by atoms with Gasteiger partial charge in [0.2, 0.25) is 0 Å². The molecule has 7 heteroatoms. The molecule has 6 nitrogen and oxygen atoms in total. The smallest absolute Gasteiger partial charge is 0.341 e. The van der Waals surface area contributed by atoms with Crippen molar-refractivity contribution in [2.75, 3.05) is 31.7 Å². The molecular formula is C21H29N2O4S+. The number of amides is 1. The Morgan fingerprint density at radius 2 is 1.93 bits per heavy atom. The zero-order valence-corrected chi connectivity index (χ0v) is 17.5. The van der Waals surface area contributed by atoms with Crippen LogP contribution in [0.1, 0.15) is 37.6 Å². The van der Waals surface area contributed by atoms with Crippen molar-refractivity contribution in [2.45, 2.75) is 33.2 Å². The van der Waals surface area contributed by atoms with Crippen molar-refractivity contribution in [3.8, 4) is 11.1 Å². The number of quaternary nitrogens is 1. The number of nitrogens with two attached hydrogens (primary N) is 1. The normalized spacial score (nSPS) is 11.8. The van der Waals surface area contributed by atoms with Crippen molar-refractivity contribution in [2.24, 2.45) is 0 Å². The fourth-order valence-electron chi connectivity index (χ4n) is 2.72. The molecule has 0 aliphatic rings. The van der Waals surface area contributed by atoms with Gasteiger partial charge in [-0.2, -0.15) is 0 Å². The first kappa shape index (κ1) is 22.1. The molecule has 0 saturated carbocycles. The van der Waals surface area contributed by atoms with Crippen molar-refractivity contribution in [1.29, 1.82) is 0 Å². The van der Waals surface area contributed by atoms with Gasteiger partial charge in [0, 0.05) is 24.0 Å². The second-order valence-corrected chi connectivity index (χ2v) is 7.17. The largest absolute Gasteiger partial charge is 0.462 e. The molecule has 0 spiro atoms. The molecule has 2 aromatic rings. The van der Waals surface area contributed by atoms with Crippen LogP contribution in [0.15, 0.2) is 35.7 Å². The van der Waals surface area contributed by atoms with Crippen molar-refractivity contribution in [3.63, 3.8) is 0 Å². The SMILES string of the molecule is CCOCCC[NH2+][C@@H](C)C(=O)Nc1scc(-c2ccccc2)c1C(=O)OCC. The van der Waals surface area contributed by atoms with Crippen LogP contribution >= 0.6 is 11.3 Å². The number of thiophene rings is 1. The van der Waals surface area contributed by atoms with Gasteiger partial charge >= 0.3 is 5.97 Å². The topological polar surface area (TPSA) is 81.2 Å². The van der Waals surface area contributed by atoms with E-state index in [1.54, 1.807) is 6.92 Å². The third kappa shape index (κ3) is 6.15. The summed E-state index contributed by atoms with van der Waals surface area (Å²) >= 11 is 1.34. The van der Waals surface area contributed by atoms with E-state index < -0.39 is 5.97 Å². The Morgan fingerprint density at radius 1 is 1.18 bits per heavy atom. The Bertz CT molecular complexity index is 761. The molecule has 0 bridgehead atoms. The molecular weight excluding hydrogens is 376 g/mol. The van der Waals surface area contributed by atoms with E-state index >= 15 is 0 Å². The van der Waals surface area contributed by atoms with E-state index in [-0.39, 0.29) is 18.6 Å². The van der Waals surface area contributed by atoms with Gasteiger partial charge in [0.05, 0.1) is 19.8 Å². The van der Waals surface area contributed by atoms with Gasteiger partial charge in [-0.05, 0) is 26.3 Å². The summed E-state index contributed by atoms with van der Waals surface area (Å²) in [7, 11) is 0. The number of hydrogen-bond donors (Lipinski definition) is 2. The maximum atomic E-state index is 12.6. The average Bonchev–Trinajstić information content (AvgIpc) is 3.12. The van der Waals surface area contributed by atoms with Crippen LogP contribution in [0.5, 0.6) is 0 Å². The quantitative estimate of drug-likeness (QED) is 0.445. The molecule has 1 atom stereocenters. The maximum Gasteiger partial charge on any atom is 0.341 e. The first-order chi connectivity index (χ1) is 13.6. The highest BCUT2D eigenvalue weighted by Crippen LogP contribution is 2.36. The zero-order valence-electron chi connectivity index (χ0n) is 16.7. The van der Waals surface area contributed by atoms with E-state index in [1.807, 2.05) is 54.9 Å². The number of nitrogens with one attached hydrogen (secondary N) is 1. The summed E-state index contributed by atoms with van der Waals surface area (Å²) in [4.78, 5) is 25.1. The number of rotatable bonds is 11. The lowest BCUT2D eigenvalue weighted by Gasteiger charge is -2.12. The van der Waals surface area contributed by atoms with Crippen LogP contribution in [0.25, 0.3) is 11.1 Å². The summed E-state index contributed by atoms with van der Waals surface area (Å²) in [6, 6.07) is 9.36. The average molecular weight is 406 g/mol. The third-order valence-electron chi connectivity index (χ3n) is 4.22. The highest BCUT2D eigenvalue weighted by molar-refractivity contribution is 7.15. The first-order valence-electron chi connectivity index (χ1n) is 9.64. The van der Waals surface area contributed by atoms with Crippen LogP contribution in [0.2, 0.25) is 0 Å². The molecule has 28 heavy (non-hydrogen) atoms.